The maximum Gasteiger partial charge on any atom is 0.252 e. The third-order valence-corrected chi connectivity index (χ3v) is 8.24. The first-order chi connectivity index (χ1) is 13.5. The van der Waals surface area contributed by atoms with Crippen LogP contribution in [0, 0.1) is 0 Å². The molecule has 0 saturated carbocycles. The molecule has 1 aliphatic rings. The van der Waals surface area contributed by atoms with Gasteiger partial charge in [0.15, 0.2) is 0 Å². The Hall–Kier alpha value is -1.90. The molecule has 1 aliphatic heterocycles. The van der Waals surface area contributed by atoms with Gasteiger partial charge in [-0.2, -0.15) is 4.31 Å². The second-order valence-electron chi connectivity index (χ2n) is 6.77. The maximum atomic E-state index is 12.7. The molecule has 1 amide bonds. The molecule has 0 unspecified atom stereocenters. The van der Waals surface area contributed by atoms with E-state index in [1.807, 2.05) is 24.3 Å². The molecule has 1 aromatic carbocycles. The molecule has 0 atom stereocenters. The quantitative estimate of drug-likeness (QED) is 0.710. The van der Waals surface area contributed by atoms with E-state index in [1.165, 1.54) is 11.3 Å². The van der Waals surface area contributed by atoms with E-state index in [2.05, 4.69) is 5.32 Å². The SMILES string of the molecule is COc1ccccc1CCNC(=O)Cc1ccc(S(=O)(=O)N2CCCCC2)s1. The topological polar surface area (TPSA) is 75.7 Å². The molecule has 1 saturated heterocycles. The van der Waals surface area contributed by atoms with E-state index in [9.17, 15) is 13.2 Å². The summed E-state index contributed by atoms with van der Waals surface area (Å²) < 4.78 is 32.6. The number of nitrogens with zero attached hydrogens (tertiary/aromatic N) is 1. The van der Waals surface area contributed by atoms with E-state index in [0.29, 0.717) is 30.3 Å². The van der Waals surface area contributed by atoms with Gasteiger partial charge in [0, 0.05) is 24.5 Å². The zero-order valence-corrected chi connectivity index (χ0v) is 17.7. The van der Waals surface area contributed by atoms with Gasteiger partial charge in [-0.3, -0.25) is 4.79 Å². The van der Waals surface area contributed by atoms with E-state index in [0.717, 1.165) is 35.5 Å². The average Bonchev–Trinajstić information content (AvgIpc) is 3.18. The van der Waals surface area contributed by atoms with Gasteiger partial charge in [0.1, 0.15) is 9.96 Å². The van der Waals surface area contributed by atoms with Crippen molar-refractivity contribution in [1.29, 1.82) is 0 Å². The molecule has 1 fully saturated rings. The Morgan fingerprint density at radius 1 is 1.14 bits per heavy atom. The monoisotopic (exact) mass is 422 g/mol. The van der Waals surface area contributed by atoms with Crippen LogP contribution in [0.25, 0.3) is 0 Å². The summed E-state index contributed by atoms with van der Waals surface area (Å²) in [5, 5.41) is 2.89. The number of thiophene rings is 1. The number of para-hydroxylation sites is 1. The minimum absolute atomic E-state index is 0.112. The minimum atomic E-state index is -3.43. The first kappa shape index (κ1) is 20.8. The molecule has 8 heteroatoms. The Morgan fingerprint density at radius 3 is 2.64 bits per heavy atom. The van der Waals surface area contributed by atoms with Gasteiger partial charge < -0.3 is 10.1 Å². The van der Waals surface area contributed by atoms with E-state index in [-0.39, 0.29) is 12.3 Å². The minimum Gasteiger partial charge on any atom is -0.496 e. The molecule has 1 N–H and O–H groups in total. The number of hydrogen-bond acceptors (Lipinski definition) is 5. The molecule has 3 rings (SSSR count). The Morgan fingerprint density at radius 2 is 1.89 bits per heavy atom. The summed E-state index contributed by atoms with van der Waals surface area (Å²) in [6.45, 7) is 1.67. The van der Waals surface area contributed by atoms with Gasteiger partial charge in [-0.05, 0) is 43.0 Å². The number of piperidine rings is 1. The highest BCUT2D eigenvalue weighted by Crippen LogP contribution is 2.27. The van der Waals surface area contributed by atoms with Gasteiger partial charge in [-0.15, -0.1) is 11.3 Å². The van der Waals surface area contributed by atoms with Gasteiger partial charge in [-0.1, -0.05) is 24.6 Å². The largest absolute Gasteiger partial charge is 0.496 e. The van der Waals surface area contributed by atoms with Crippen molar-refractivity contribution in [3.63, 3.8) is 0 Å². The number of benzene rings is 1. The number of nitrogens with one attached hydrogen (secondary N) is 1. The molecule has 0 radical (unpaired) electrons. The van der Waals surface area contributed by atoms with Crippen LogP contribution in [0.4, 0.5) is 0 Å². The summed E-state index contributed by atoms with van der Waals surface area (Å²) in [5.74, 6) is 0.696. The fourth-order valence-electron chi connectivity index (χ4n) is 3.29. The van der Waals surface area contributed by atoms with Crippen molar-refractivity contribution in [1.82, 2.24) is 9.62 Å². The van der Waals surface area contributed by atoms with Gasteiger partial charge in [0.25, 0.3) is 10.0 Å². The van der Waals surface area contributed by atoms with Crippen molar-refractivity contribution < 1.29 is 17.9 Å². The van der Waals surface area contributed by atoms with Crippen LogP contribution in [-0.2, 0) is 27.7 Å². The van der Waals surface area contributed by atoms with Crippen LogP contribution < -0.4 is 10.1 Å². The Kier molecular flexibility index (Phi) is 7.09. The van der Waals surface area contributed by atoms with Crippen LogP contribution in [0.1, 0.15) is 29.7 Å². The van der Waals surface area contributed by atoms with Gasteiger partial charge in [0.2, 0.25) is 5.91 Å². The first-order valence-electron chi connectivity index (χ1n) is 9.48. The highest BCUT2D eigenvalue weighted by atomic mass is 32.2. The zero-order valence-electron chi connectivity index (χ0n) is 16.0. The summed E-state index contributed by atoms with van der Waals surface area (Å²) in [6.07, 6.45) is 3.76. The van der Waals surface area contributed by atoms with Crippen molar-refractivity contribution in [2.75, 3.05) is 26.7 Å². The summed E-state index contributed by atoms with van der Waals surface area (Å²) in [5.41, 5.74) is 1.04. The number of carbonyl (C=O) groups excluding carboxylic acids is 1. The highest BCUT2D eigenvalue weighted by Gasteiger charge is 2.27. The molecule has 1 aromatic heterocycles. The van der Waals surface area contributed by atoms with E-state index < -0.39 is 10.0 Å². The molecular weight excluding hydrogens is 396 g/mol. The van der Waals surface area contributed by atoms with Gasteiger partial charge in [-0.25, -0.2) is 8.42 Å². The smallest absolute Gasteiger partial charge is 0.252 e. The van der Waals surface area contributed by atoms with Crippen LogP contribution in [0.3, 0.4) is 0 Å². The van der Waals surface area contributed by atoms with Crippen molar-refractivity contribution in [2.45, 2.75) is 36.3 Å². The number of carbonyl (C=O) groups is 1. The molecule has 2 heterocycles. The molecule has 6 nitrogen and oxygen atoms in total. The average molecular weight is 423 g/mol. The summed E-state index contributed by atoms with van der Waals surface area (Å²) in [4.78, 5) is 13.0. The third-order valence-electron chi connectivity index (χ3n) is 4.79. The lowest BCUT2D eigenvalue weighted by atomic mass is 10.1. The lowest BCUT2D eigenvalue weighted by Crippen LogP contribution is -2.35. The van der Waals surface area contributed by atoms with Crippen molar-refractivity contribution in [3.8, 4) is 5.75 Å². The Balaban J connectivity index is 1.52. The van der Waals surface area contributed by atoms with E-state index in [1.54, 1.807) is 23.5 Å². The van der Waals surface area contributed by atoms with Gasteiger partial charge >= 0.3 is 0 Å². The van der Waals surface area contributed by atoms with Crippen LogP contribution in [0.2, 0.25) is 0 Å². The second-order valence-corrected chi connectivity index (χ2v) is 10.1. The number of hydrogen-bond donors (Lipinski definition) is 1. The lowest BCUT2D eigenvalue weighted by molar-refractivity contribution is -0.120. The number of amides is 1. The summed E-state index contributed by atoms with van der Waals surface area (Å²) in [6, 6.07) is 11.1. The third kappa shape index (κ3) is 5.12. The fourth-order valence-corrected chi connectivity index (χ4v) is 6.32. The van der Waals surface area contributed by atoms with E-state index in [4.69, 9.17) is 4.74 Å². The molecule has 0 bridgehead atoms. The first-order valence-corrected chi connectivity index (χ1v) is 11.7. The molecule has 0 spiro atoms. The molecule has 152 valence electrons. The van der Waals surface area contributed by atoms with Crippen molar-refractivity contribution >= 4 is 27.3 Å². The van der Waals surface area contributed by atoms with Crippen LogP contribution in [0.15, 0.2) is 40.6 Å². The Bertz CT molecular complexity index is 902. The van der Waals surface area contributed by atoms with Crippen LogP contribution in [-0.4, -0.2) is 45.4 Å². The number of sulfonamides is 1. The number of ether oxygens (including phenoxy) is 1. The number of rotatable bonds is 8. The molecule has 28 heavy (non-hydrogen) atoms. The van der Waals surface area contributed by atoms with Crippen LogP contribution in [0.5, 0.6) is 5.75 Å². The normalized spacial score (nSPS) is 15.3. The maximum absolute atomic E-state index is 12.7. The lowest BCUT2D eigenvalue weighted by Gasteiger charge is -2.25. The van der Waals surface area contributed by atoms with Gasteiger partial charge in [0.05, 0.1) is 13.5 Å². The fraction of sp³-hybridized carbons (Fsp3) is 0.450. The molecule has 2 aromatic rings. The molecule has 0 aliphatic carbocycles. The summed E-state index contributed by atoms with van der Waals surface area (Å²) >= 11 is 1.19. The Labute approximate surface area is 170 Å². The zero-order chi connectivity index (χ0) is 20.0. The van der Waals surface area contributed by atoms with E-state index >= 15 is 0 Å². The predicted molar refractivity (Wildman–Crippen MR) is 110 cm³/mol. The molecular formula is C20H26N2O4S2. The second kappa shape index (κ2) is 9.54. The number of methoxy groups -OCH3 is 1. The predicted octanol–water partition coefficient (Wildman–Crippen LogP) is 2.83. The summed E-state index contributed by atoms with van der Waals surface area (Å²) in [7, 11) is -1.80. The van der Waals surface area contributed by atoms with Crippen molar-refractivity contribution in [2.24, 2.45) is 0 Å². The highest BCUT2D eigenvalue weighted by molar-refractivity contribution is 7.91. The van der Waals surface area contributed by atoms with Crippen molar-refractivity contribution in [3.05, 3.63) is 46.8 Å². The standard InChI is InChI=1S/C20H26N2O4S2/c1-26-18-8-4-3-7-16(18)11-12-21-19(23)15-17-9-10-20(27-17)28(24,25)22-13-5-2-6-14-22/h3-4,7-10H,2,5-6,11-15H2,1H3,(H,21,23). The van der Waals surface area contributed by atoms with Crippen LogP contribution >= 0.6 is 11.3 Å².